The Morgan fingerprint density at radius 3 is 2.07 bits per heavy atom. The number of aromatic nitrogens is 4. The van der Waals surface area contributed by atoms with Gasteiger partial charge in [0.05, 0.1) is 47.9 Å². The molecule has 8 rings (SSSR count). The highest BCUT2D eigenvalue weighted by molar-refractivity contribution is 7.22. The van der Waals surface area contributed by atoms with Crippen LogP contribution in [0.3, 0.4) is 0 Å². The van der Waals surface area contributed by atoms with Gasteiger partial charge in [0.25, 0.3) is 11.8 Å². The predicted molar refractivity (Wildman–Crippen MR) is 206 cm³/mol. The lowest BCUT2D eigenvalue weighted by molar-refractivity contribution is -0.135. The zero-order valence-corrected chi connectivity index (χ0v) is 31.2. The van der Waals surface area contributed by atoms with Crippen LogP contribution in [0.5, 0.6) is 0 Å². The van der Waals surface area contributed by atoms with Gasteiger partial charge in [0.2, 0.25) is 0 Å². The van der Waals surface area contributed by atoms with Crippen molar-refractivity contribution in [2.45, 2.75) is 37.0 Å². The summed E-state index contributed by atoms with van der Waals surface area (Å²) in [6.45, 7) is 0.873. The first kappa shape index (κ1) is 36.3. The number of H-pyrrole nitrogens is 2. The maximum absolute atomic E-state index is 13.9. The van der Waals surface area contributed by atoms with Crippen LogP contribution < -0.4 is 10.6 Å². The third-order valence-corrected chi connectivity index (χ3v) is 11.1. The summed E-state index contributed by atoms with van der Waals surface area (Å²) >= 11 is 1.53. The maximum atomic E-state index is 13.9. The minimum absolute atomic E-state index is 0.236. The SMILES string of the molecule is COC(=O)N[C@H](C(=O)N1CC=CC1c1ncc(-c2cc3sc(-c4cnc(C5CCCN5C(=O)[C@H](NC(=O)OC)c5ccccc5)[nH]4)cc3o2)[nH]1)c1ccccc1. The number of hydrogen-bond donors (Lipinski definition) is 4. The van der Waals surface area contributed by atoms with Crippen LogP contribution in [-0.4, -0.2) is 81.0 Å². The maximum Gasteiger partial charge on any atom is 0.407 e. The van der Waals surface area contributed by atoms with Gasteiger partial charge in [-0.15, -0.1) is 11.3 Å². The van der Waals surface area contributed by atoms with E-state index in [1.54, 1.807) is 58.6 Å². The van der Waals surface area contributed by atoms with Gasteiger partial charge in [-0.25, -0.2) is 19.6 Å². The highest BCUT2D eigenvalue weighted by Gasteiger charge is 2.38. The molecule has 4 aromatic heterocycles. The van der Waals surface area contributed by atoms with E-state index in [9.17, 15) is 19.2 Å². The molecule has 6 aromatic rings. The Kier molecular flexibility index (Phi) is 10.1. The summed E-state index contributed by atoms with van der Waals surface area (Å²) in [5.41, 5.74) is 3.42. The molecule has 0 bridgehead atoms. The number of aromatic amines is 2. The number of alkyl carbamates (subject to hydrolysis) is 2. The van der Waals surface area contributed by atoms with Crippen LogP contribution in [-0.2, 0) is 19.1 Å². The summed E-state index contributed by atoms with van der Waals surface area (Å²) in [6, 6.07) is 19.4. The summed E-state index contributed by atoms with van der Waals surface area (Å²) in [4.78, 5) is 72.5. The molecule has 286 valence electrons. The Bertz CT molecular complexity index is 2370. The van der Waals surface area contributed by atoms with E-state index < -0.39 is 30.3 Å². The quantitative estimate of drug-likeness (QED) is 0.112. The molecule has 2 aliphatic heterocycles. The Labute approximate surface area is 324 Å². The first-order valence-electron chi connectivity index (χ1n) is 18.0. The number of rotatable bonds is 10. The van der Waals surface area contributed by atoms with Crippen LogP contribution >= 0.6 is 11.3 Å². The van der Waals surface area contributed by atoms with Gasteiger partial charge in [-0.05, 0) is 24.0 Å². The van der Waals surface area contributed by atoms with Gasteiger partial charge in [0.1, 0.15) is 41.1 Å². The van der Waals surface area contributed by atoms with Crippen molar-refractivity contribution in [2.24, 2.45) is 0 Å². The minimum atomic E-state index is -0.945. The molecule has 56 heavy (non-hydrogen) atoms. The van der Waals surface area contributed by atoms with Crippen LogP contribution in [0.2, 0.25) is 0 Å². The van der Waals surface area contributed by atoms with Gasteiger partial charge in [0.15, 0.2) is 5.76 Å². The lowest BCUT2D eigenvalue weighted by atomic mass is 10.1. The lowest BCUT2D eigenvalue weighted by Gasteiger charge is -2.28. The van der Waals surface area contributed by atoms with Crippen LogP contribution in [0.4, 0.5) is 9.59 Å². The van der Waals surface area contributed by atoms with Gasteiger partial charge in [-0.2, -0.15) is 0 Å². The van der Waals surface area contributed by atoms with E-state index in [4.69, 9.17) is 13.9 Å². The van der Waals surface area contributed by atoms with Gasteiger partial charge in [0, 0.05) is 25.2 Å². The molecule has 4 amide bonds. The summed E-state index contributed by atoms with van der Waals surface area (Å²) in [5.74, 6) is 1.26. The molecule has 1 saturated heterocycles. The molecule has 4 N–H and O–H groups in total. The molecule has 1 fully saturated rings. The Morgan fingerprint density at radius 1 is 0.821 bits per heavy atom. The van der Waals surface area contributed by atoms with E-state index in [1.807, 2.05) is 48.6 Å². The second-order valence-electron chi connectivity index (χ2n) is 13.3. The fraction of sp³-hybridized carbons (Fsp3) is 0.250. The largest absolute Gasteiger partial charge is 0.454 e. The van der Waals surface area contributed by atoms with E-state index in [0.29, 0.717) is 52.9 Å². The third kappa shape index (κ3) is 7.13. The summed E-state index contributed by atoms with van der Waals surface area (Å²) in [6.07, 6.45) is 7.35. The van der Waals surface area contributed by atoms with Gasteiger partial charge >= 0.3 is 12.2 Å². The number of carbonyl (C=O) groups is 4. The number of imidazole rings is 2. The molecular formula is C40H38N8O7S. The van der Waals surface area contributed by atoms with Crippen molar-refractivity contribution in [3.05, 3.63) is 120 Å². The van der Waals surface area contributed by atoms with Gasteiger partial charge in [-0.3, -0.25) is 9.59 Å². The molecule has 2 aliphatic rings. The van der Waals surface area contributed by atoms with E-state index in [1.165, 1.54) is 25.6 Å². The van der Waals surface area contributed by atoms with E-state index in [-0.39, 0.29) is 17.9 Å². The standard InChI is InChI=1S/C40H38N8O7S/c1-53-39(51)45-33(23-11-5-3-6-12-23)37(49)47-17-9-15-27(47)35-41-21-25(43-35)29-19-32-30(55-29)20-31(56-32)26-22-42-36(44-26)28-16-10-18-48(28)38(50)34(46-40(52)54-2)24-13-7-4-8-14-24/h3-9,11-15,19-22,27-28,33-34H,10,16-18H2,1-2H3,(H,41,43)(H,42,44)(H,45,51)(H,46,52)/t27?,28?,33-,34+/m0/s1. The van der Waals surface area contributed by atoms with Gasteiger partial charge < -0.3 is 44.3 Å². The summed E-state index contributed by atoms with van der Waals surface area (Å²) < 4.78 is 16.8. The average molecular weight is 775 g/mol. The Balaban J connectivity index is 0.972. The molecule has 4 atom stereocenters. The average Bonchev–Trinajstić information content (AvgIpc) is 4.08. The molecule has 0 aliphatic carbocycles. The lowest BCUT2D eigenvalue weighted by Crippen LogP contribution is -2.43. The number of thiophene rings is 1. The highest BCUT2D eigenvalue weighted by Crippen LogP contribution is 2.40. The van der Waals surface area contributed by atoms with Crippen LogP contribution in [0, 0.1) is 0 Å². The van der Waals surface area contributed by atoms with E-state index >= 15 is 0 Å². The van der Waals surface area contributed by atoms with Crippen LogP contribution in [0.1, 0.15) is 59.8 Å². The van der Waals surface area contributed by atoms with Crippen molar-refractivity contribution in [1.29, 1.82) is 0 Å². The number of nitrogens with zero attached hydrogens (tertiary/aromatic N) is 4. The van der Waals surface area contributed by atoms with Crippen molar-refractivity contribution in [3.8, 4) is 22.0 Å². The van der Waals surface area contributed by atoms with E-state index in [2.05, 4.69) is 30.6 Å². The molecular weight excluding hydrogens is 737 g/mol. The molecule has 2 aromatic carbocycles. The molecule has 2 unspecified atom stereocenters. The van der Waals surface area contributed by atoms with Gasteiger partial charge in [-0.1, -0.05) is 72.8 Å². The minimum Gasteiger partial charge on any atom is -0.454 e. The third-order valence-electron chi connectivity index (χ3n) is 9.95. The topological polar surface area (TPSA) is 188 Å². The summed E-state index contributed by atoms with van der Waals surface area (Å²) in [7, 11) is 2.52. The first-order valence-corrected chi connectivity index (χ1v) is 18.8. The van der Waals surface area contributed by atoms with Crippen molar-refractivity contribution in [1.82, 2.24) is 40.4 Å². The zero-order chi connectivity index (χ0) is 38.8. The second kappa shape index (κ2) is 15.6. The molecule has 0 spiro atoms. The molecule has 16 heteroatoms. The monoisotopic (exact) mass is 774 g/mol. The number of methoxy groups -OCH3 is 2. The smallest absolute Gasteiger partial charge is 0.407 e. The second-order valence-corrected chi connectivity index (χ2v) is 14.4. The summed E-state index contributed by atoms with van der Waals surface area (Å²) in [5, 5.41) is 5.36. The molecule has 0 radical (unpaired) electrons. The number of carbonyl (C=O) groups excluding carboxylic acids is 4. The molecule has 6 heterocycles. The highest BCUT2D eigenvalue weighted by atomic mass is 32.1. The zero-order valence-electron chi connectivity index (χ0n) is 30.4. The number of benzene rings is 2. The number of ether oxygens (including phenoxy) is 2. The first-order chi connectivity index (χ1) is 27.3. The van der Waals surface area contributed by atoms with Crippen molar-refractivity contribution in [2.75, 3.05) is 27.3 Å². The van der Waals surface area contributed by atoms with Crippen molar-refractivity contribution >= 4 is 45.6 Å². The number of fused-ring (bicyclic) bond motifs is 1. The number of hydrogen-bond acceptors (Lipinski definition) is 10. The number of nitrogens with one attached hydrogen (secondary N) is 4. The van der Waals surface area contributed by atoms with Crippen molar-refractivity contribution in [3.63, 3.8) is 0 Å². The normalized spacial score (nSPS) is 17.5. The molecule has 15 nitrogen and oxygen atoms in total. The Morgan fingerprint density at radius 2 is 1.43 bits per heavy atom. The fourth-order valence-electron chi connectivity index (χ4n) is 7.20. The number of furan rings is 1. The molecule has 0 saturated carbocycles. The van der Waals surface area contributed by atoms with Crippen LogP contribution in [0.15, 0.2) is 102 Å². The predicted octanol–water partition coefficient (Wildman–Crippen LogP) is 6.57. The van der Waals surface area contributed by atoms with Crippen LogP contribution in [0.25, 0.3) is 32.3 Å². The Hall–Kier alpha value is -6.68. The number of amides is 4. The van der Waals surface area contributed by atoms with E-state index in [0.717, 1.165) is 28.1 Å². The number of likely N-dealkylation sites (tertiary alicyclic amines) is 1. The van der Waals surface area contributed by atoms with Crippen molar-refractivity contribution < 1.29 is 33.1 Å². The fourth-order valence-corrected chi connectivity index (χ4v) is 8.18.